The molecular weight excluding hydrogens is 427 g/mol. The summed E-state index contributed by atoms with van der Waals surface area (Å²) >= 11 is 1.57. The Bertz CT molecular complexity index is 1040. The fourth-order valence-electron chi connectivity index (χ4n) is 3.71. The summed E-state index contributed by atoms with van der Waals surface area (Å²) in [7, 11) is 0. The molecule has 4 rings (SSSR count). The van der Waals surface area contributed by atoms with Gasteiger partial charge in [0.2, 0.25) is 0 Å². The van der Waals surface area contributed by atoms with E-state index in [1.807, 2.05) is 17.5 Å². The van der Waals surface area contributed by atoms with E-state index in [1.165, 1.54) is 16.9 Å². The van der Waals surface area contributed by atoms with Gasteiger partial charge in [0.25, 0.3) is 5.91 Å². The zero-order valence-electron chi connectivity index (χ0n) is 16.9. The average Bonchev–Trinajstić information content (AvgIpc) is 3.49. The molecule has 1 atom stereocenters. The first-order valence-electron chi connectivity index (χ1n) is 9.98. The van der Waals surface area contributed by atoms with Crippen LogP contribution in [0.1, 0.15) is 39.3 Å². The van der Waals surface area contributed by atoms with Gasteiger partial charge in [-0.15, -0.1) is 11.3 Å². The fraction of sp³-hybridized carbons (Fsp3) is 0.364. The van der Waals surface area contributed by atoms with Crippen LogP contribution < -0.4 is 0 Å². The summed E-state index contributed by atoms with van der Waals surface area (Å²) in [6.45, 7) is 3.30. The molecule has 3 aromatic rings. The summed E-state index contributed by atoms with van der Waals surface area (Å²) in [4.78, 5) is 16.2. The van der Waals surface area contributed by atoms with Crippen molar-refractivity contribution in [2.45, 2.75) is 38.6 Å². The third-order valence-electron chi connectivity index (χ3n) is 5.32. The van der Waals surface area contributed by atoms with Crippen LogP contribution in [0.15, 0.2) is 48.0 Å². The van der Waals surface area contributed by atoms with Crippen molar-refractivity contribution < 1.29 is 22.7 Å². The lowest BCUT2D eigenvalue weighted by Crippen LogP contribution is -2.37. The Morgan fingerprint density at radius 1 is 1.32 bits per heavy atom. The van der Waals surface area contributed by atoms with Gasteiger partial charge >= 0.3 is 6.18 Å². The molecule has 5 nitrogen and oxygen atoms in total. The molecule has 1 fully saturated rings. The number of amides is 1. The zero-order valence-corrected chi connectivity index (χ0v) is 17.7. The molecule has 0 saturated carbocycles. The molecule has 1 aliphatic rings. The molecule has 31 heavy (non-hydrogen) atoms. The maximum absolute atomic E-state index is 13.4. The van der Waals surface area contributed by atoms with E-state index in [4.69, 9.17) is 4.74 Å². The molecule has 164 valence electrons. The van der Waals surface area contributed by atoms with Crippen LogP contribution in [0.25, 0.3) is 5.69 Å². The van der Waals surface area contributed by atoms with E-state index < -0.39 is 11.7 Å². The standard InChI is InChI=1S/C22H22F3N3O2S/c1-15-20(12-26-28(15)17-6-2-5-16(11-17)22(23,24)25)21(29)27(13-18-7-3-9-30-18)14-19-8-4-10-31-19/h2,4-6,8,10-12,18H,3,7,9,13-14H2,1H3. The molecule has 0 aliphatic carbocycles. The molecule has 1 aromatic carbocycles. The topological polar surface area (TPSA) is 47.4 Å². The van der Waals surface area contributed by atoms with E-state index in [0.717, 1.165) is 29.9 Å². The monoisotopic (exact) mass is 449 g/mol. The number of rotatable bonds is 6. The van der Waals surface area contributed by atoms with Gasteiger partial charge < -0.3 is 9.64 Å². The summed E-state index contributed by atoms with van der Waals surface area (Å²) in [6, 6.07) is 8.83. The number of nitrogens with zero attached hydrogens (tertiary/aromatic N) is 3. The number of carbonyl (C=O) groups is 1. The number of alkyl halides is 3. The lowest BCUT2D eigenvalue weighted by atomic mass is 10.1. The molecule has 0 spiro atoms. The smallest absolute Gasteiger partial charge is 0.376 e. The van der Waals surface area contributed by atoms with E-state index >= 15 is 0 Å². The van der Waals surface area contributed by atoms with Gasteiger partial charge in [0.15, 0.2) is 0 Å². The highest BCUT2D eigenvalue weighted by atomic mass is 32.1. The van der Waals surface area contributed by atoms with Gasteiger partial charge in [0.05, 0.1) is 41.4 Å². The maximum atomic E-state index is 13.4. The summed E-state index contributed by atoms with van der Waals surface area (Å²) < 4.78 is 46.4. The number of hydrogen-bond acceptors (Lipinski definition) is 4. The number of ether oxygens (including phenoxy) is 1. The van der Waals surface area contributed by atoms with Crippen LogP contribution in [-0.4, -0.2) is 39.8 Å². The third-order valence-corrected chi connectivity index (χ3v) is 6.18. The highest BCUT2D eigenvalue weighted by Gasteiger charge is 2.31. The van der Waals surface area contributed by atoms with Crippen molar-refractivity contribution in [3.63, 3.8) is 0 Å². The number of benzene rings is 1. The average molecular weight is 449 g/mol. The minimum Gasteiger partial charge on any atom is -0.376 e. The Morgan fingerprint density at radius 3 is 2.84 bits per heavy atom. The Kier molecular flexibility index (Phi) is 6.15. The van der Waals surface area contributed by atoms with E-state index in [-0.39, 0.29) is 17.7 Å². The molecule has 2 aromatic heterocycles. The third kappa shape index (κ3) is 4.83. The summed E-state index contributed by atoms with van der Waals surface area (Å²) in [5.74, 6) is -0.209. The second kappa shape index (κ2) is 8.84. The molecule has 9 heteroatoms. The van der Waals surface area contributed by atoms with Crippen LogP contribution in [0.3, 0.4) is 0 Å². The Balaban J connectivity index is 1.61. The Morgan fingerprint density at radius 2 is 2.16 bits per heavy atom. The van der Waals surface area contributed by atoms with Crippen molar-refractivity contribution in [2.75, 3.05) is 13.2 Å². The van der Waals surface area contributed by atoms with E-state index in [0.29, 0.717) is 31.0 Å². The minimum atomic E-state index is -4.45. The lowest BCUT2D eigenvalue weighted by Gasteiger charge is -2.25. The van der Waals surface area contributed by atoms with E-state index in [1.54, 1.807) is 29.2 Å². The summed E-state index contributed by atoms with van der Waals surface area (Å²) in [6.07, 6.45) is -1.17. The molecule has 1 saturated heterocycles. The molecule has 0 radical (unpaired) electrons. The van der Waals surface area contributed by atoms with Crippen molar-refractivity contribution >= 4 is 17.2 Å². The summed E-state index contributed by atoms with van der Waals surface area (Å²) in [5.41, 5.74) is 0.362. The highest BCUT2D eigenvalue weighted by molar-refractivity contribution is 7.09. The second-order valence-electron chi connectivity index (χ2n) is 7.50. The summed E-state index contributed by atoms with van der Waals surface area (Å²) in [5, 5.41) is 6.17. The highest BCUT2D eigenvalue weighted by Crippen LogP contribution is 2.31. The van der Waals surface area contributed by atoms with Crippen LogP contribution in [-0.2, 0) is 17.5 Å². The van der Waals surface area contributed by atoms with Gasteiger partial charge in [0, 0.05) is 18.0 Å². The molecule has 0 bridgehead atoms. The predicted octanol–water partition coefficient (Wildman–Crippen LogP) is 5.08. The van der Waals surface area contributed by atoms with Gasteiger partial charge in [0.1, 0.15) is 0 Å². The van der Waals surface area contributed by atoms with Gasteiger partial charge in [-0.25, -0.2) is 4.68 Å². The van der Waals surface area contributed by atoms with Crippen molar-refractivity contribution in [1.82, 2.24) is 14.7 Å². The van der Waals surface area contributed by atoms with Crippen molar-refractivity contribution in [1.29, 1.82) is 0 Å². The lowest BCUT2D eigenvalue weighted by molar-refractivity contribution is -0.137. The van der Waals surface area contributed by atoms with E-state index in [2.05, 4.69) is 5.10 Å². The van der Waals surface area contributed by atoms with Crippen LogP contribution in [0, 0.1) is 6.92 Å². The van der Waals surface area contributed by atoms with Gasteiger partial charge in [-0.3, -0.25) is 4.79 Å². The number of halogens is 3. The minimum absolute atomic E-state index is 0.0114. The van der Waals surface area contributed by atoms with Crippen LogP contribution >= 0.6 is 11.3 Å². The molecule has 3 heterocycles. The van der Waals surface area contributed by atoms with E-state index in [9.17, 15) is 18.0 Å². The fourth-order valence-corrected chi connectivity index (χ4v) is 4.43. The Labute approximate surface area is 182 Å². The number of thiophene rings is 1. The second-order valence-corrected chi connectivity index (χ2v) is 8.54. The number of hydrogen-bond donors (Lipinski definition) is 0. The zero-order chi connectivity index (χ0) is 22.0. The van der Waals surface area contributed by atoms with Crippen LogP contribution in [0.4, 0.5) is 13.2 Å². The number of aromatic nitrogens is 2. The van der Waals surface area contributed by atoms with Crippen molar-refractivity contribution in [2.24, 2.45) is 0 Å². The first-order chi connectivity index (χ1) is 14.8. The van der Waals surface area contributed by atoms with Gasteiger partial charge in [-0.1, -0.05) is 12.1 Å². The van der Waals surface area contributed by atoms with Crippen molar-refractivity contribution in [3.05, 3.63) is 69.7 Å². The molecule has 0 N–H and O–H groups in total. The van der Waals surface area contributed by atoms with Crippen LogP contribution in [0.2, 0.25) is 0 Å². The SMILES string of the molecule is Cc1c(C(=O)N(Cc2cccs2)CC2CCCO2)cnn1-c1cccc(C(F)(F)F)c1. The largest absolute Gasteiger partial charge is 0.416 e. The molecular formula is C22H22F3N3O2S. The van der Waals surface area contributed by atoms with Gasteiger partial charge in [-0.2, -0.15) is 18.3 Å². The Hall–Kier alpha value is -2.65. The maximum Gasteiger partial charge on any atom is 0.416 e. The molecule has 1 unspecified atom stereocenters. The van der Waals surface area contributed by atoms with Crippen LogP contribution in [0.5, 0.6) is 0 Å². The number of carbonyl (C=O) groups excluding carboxylic acids is 1. The molecule has 1 amide bonds. The van der Waals surface area contributed by atoms with Gasteiger partial charge in [-0.05, 0) is 49.4 Å². The molecule has 1 aliphatic heterocycles. The normalized spacial score (nSPS) is 16.6. The predicted molar refractivity (Wildman–Crippen MR) is 111 cm³/mol. The first kappa shape index (κ1) is 21.6. The quantitative estimate of drug-likeness (QED) is 0.527. The first-order valence-corrected chi connectivity index (χ1v) is 10.9. The van der Waals surface area contributed by atoms with Crippen molar-refractivity contribution in [3.8, 4) is 5.69 Å².